The summed E-state index contributed by atoms with van der Waals surface area (Å²) < 4.78 is 0. The van der Waals surface area contributed by atoms with Crippen molar-refractivity contribution in [3.63, 3.8) is 0 Å². The zero-order valence-electron chi connectivity index (χ0n) is 18.4. The summed E-state index contributed by atoms with van der Waals surface area (Å²) in [4.78, 5) is 11.6. The van der Waals surface area contributed by atoms with Gasteiger partial charge in [-0.1, -0.05) is 75.3 Å². The van der Waals surface area contributed by atoms with Gasteiger partial charge in [0.15, 0.2) is 0 Å². The number of hydrogen-bond donors (Lipinski definition) is 2. The van der Waals surface area contributed by atoms with Crippen LogP contribution in [0, 0.1) is 10.8 Å². The molecule has 0 aliphatic heterocycles. The molecule has 0 aliphatic carbocycles. The lowest BCUT2D eigenvalue weighted by molar-refractivity contribution is 0.0693. The van der Waals surface area contributed by atoms with E-state index in [0.717, 1.165) is 24.0 Å². The number of hydrogen-bond acceptors (Lipinski definition) is 2. The van der Waals surface area contributed by atoms with E-state index in [1.54, 1.807) is 6.07 Å². The van der Waals surface area contributed by atoms with Crippen LogP contribution in [0.5, 0.6) is 5.75 Å². The van der Waals surface area contributed by atoms with Gasteiger partial charge in [0.05, 0.1) is 0 Å². The summed E-state index contributed by atoms with van der Waals surface area (Å²) in [5, 5.41) is 20.5. The molecule has 0 heterocycles. The summed E-state index contributed by atoms with van der Waals surface area (Å²) in [6.45, 7) is 21.7. The fraction of sp³-hybridized carbons (Fsp3) is 0.696. The van der Waals surface area contributed by atoms with E-state index in [1.165, 1.54) is 0 Å². The van der Waals surface area contributed by atoms with E-state index < -0.39 is 5.97 Å². The molecule has 148 valence electrons. The molecule has 0 radical (unpaired) electrons. The third kappa shape index (κ3) is 5.49. The fourth-order valence-electron chi connectivity index (χ4n) is 4.85. The quantitative estimate of drug-likeness (QED) is 0.627. The second-order valence-electron chi connectivity index (χ2n) is 11.4. The Kier molecular flexibility index (Phi) is 5.98. The molecule has 0 fully saturated rings. The van der Waals surface area contributed by atoms with Gasteiger partial charge in [0, 0.05) is 5.56 Å². The number of rotatable bonds is 5. The minimum absolute atomic E-state index is 0.0164. The number of aromatic hydroxyl groups is 1. The van der Waals surface area contributed by atoms with Crippen LogP contribution in [0.4, 0.5) is 0 Å². The Morgan fingerprint density at radius 1 is 0.808 bits per heavy atom. The van der Waals surface area contributed by atoms with Crippen molar-refractivity contribution in [3.8, 4) is 5.75 Å². The van der Waals surface area contributed by atoms with Crippen molar-refractivity contribution < 1.29 is 15.0 Å². The van der Waals surface area contributed by atoms with E-state index in [2.05, 4.69) is 69.2 Å². The van der Waals surface area contributed by atoms with E-state index in [0.29, 0.717) is 0 Å². The van der Waals surface area contributed by atoms with Gasteiger partial charge in [0.1, 0.15) is 11.3 Å². The van der Waals surface area contributed by atoms with Crippen molar-refractivity contribution in [2.45, 2.75) is 92.9 Å². The molecule has 2 N–H and O–H groups in total. The number of carbonyl (C=O) groups is 1. The van der Waals surface area contributed by atoms with Crippen molar-refractivity contribution in [2.75, 3.05) is 0 Å². The third-order valence-corrected chi connectivity index (χ3v) is 4.76. The van der Waals surface area contributed by atoms with Crippen molar-refractivity contribution in [3.05, 3.63) is 28.8 Å². The Balaban J connectivity index is 3.73. The van der Waals surface area contributed by atoms with Gasteiger partial charge in [-0.05, 0) is 46.1 Å². The van der Waals surface area contributed by atoms with Crippen molar-refractivity contribution in [1.29, 1.82) is 0 Å². The first-order valence-corrected chi connectivity index (χ1v) is 9.48. The molecule has 0 spiro atoms. The molecule has 0 amide bonds. The predicted octanol–water partition coefficient (Wildman–Crippen LogP) is 6.52. The first-order chi connectivity index (χ1) is 11.4. The fourth-order valence-corrected chi connectivity index (χ4v) is 4.85. The number of carboxylic acid groups (broad SMARTS) is 1. The molecule has 0 saturated heterocycles. The summed E-state index contributed by atoms with van der Waals surface area (Å²) in [7, 11) is 0. The maximum absolute atomic E-state index is 11.6. The van der Waals surface area contributed by atoms with Crippen molar-refractivity contribution in [2.24, 2.45) is 10.8 Å². The summed E-state index contributed by atoms with van der Waals surface area (Å²) in [6, 6.07) is 3.46. The highest BCUT2D eigenvalue weighted by Gasteiger charge is 2.38. The van der Waals surface area contributed by atoms with Crippen LogP contribution in [0.15, 0.2) is 12.1 Å². The molecule has 0 aliphatic rings. The lowest BCUT2D eigenvalue weighted by atomic mass is 9.64. The summed E-state index contributed by atoms with van der Waals surface area (Å²) in [5.41, 5.74) is 1.45. The lowest BCUT2D eigenvalue weighted by Crippen LogP contribution is -2.32. The van der Waals surface area contributed by atoms with Crippen LogP contribution in [-0.2, 0) is 10.8 Å². The van der Waals surface area contributed by atoms with E-state index >= 15 is 0 Å². The zero-order valence-corrected chi connectivity index (χ0v) is 18.4. The summed E-state index contributed by atoms with van der Waals surface area (Å²) in [5.74, 6) is -1.17. The highest BCUT2D eigenvalue weighted by Crippen LogP contribution is 2.48. The first kappa shape index (κ1) is 22.5. The molecule has 0 aromatic heterocycles. The number of carboxylic acids is 1. The van der Waals surface area contributed by atoms with Crippen molar-refractivity contribution in [1.82, 2.24) is 0 Å². The van der Waals surface area contributed by atoms with Crippen LogP contribution < -0.4 is 0 Å². The molecule has 3 heteroatoms. The van der Waals surface area contributed by atoms with E-state index in [-0.39, 0.29) is 33.0 Å². The molecule has 3 nitrogen and oxygen atoms in total. The second kappa shape index (κ2) is 6.90. The predicted molar refractivity (Wildman–Crippen MR) is 109 cm³/mol. The van der Waals surface area contributed by atoms with Crippen LogP contribution in [0.25, 0.3) is 0 Å². The number of benzene rings is 1. The molecule has 0 bridgehead atoms. The molecule has 1 rings (SSSR count). The zero-order chi connectivity index (χ0) is 20.7. The monoisotopic (exact) mass is 362 g/mol. The van der Waals surface area contributed by atoms with Gasteiger partial charge in [-0.3, -0.25) is 0 Å². The smallest absolute Gasteiger partial charge is 0.339 e. The minimum Gasteiger partial charge on any atom is -0.507 e. The summed E-state index contributed by atoms with van der Waals surface area (Å²) >= 11 is 0. The molecule has 1 aromatic rings. The first-order valence-electron chi connectivity index (χ1n) is 9.48. The highest BCUT2D eigenvalue weighted by atomic mass is 16.4. The second-order valence-corrected chi connectivity index (χ2v) is 11.4. The van der Waals surface area contributed by atoms with Gasteiger partial charge in [0.2, 0.25) is 0 Å². The van der Waals surface area contributed by atoms with Gasteiger partial charge in [-0.2, -0.15) is 0 Å². The molecule has 26 heavy (non-hydrogen) atoms. The van der Waals surface area contributed by atoms with Crippen LogP contribution >= 0.6 is 0 Å². The Morgan fingerprint density at radius 2 is 1.23 bits per heavy atom. The van der Waals surface area contributed by atoms with Crippen LogP contribution in [0.1, 0.15) is 104 Å². The van der Waals surface area contributed by atoms with Gasteiger partial charge in [0.25, 0.3) is 0 Å². The summed E-state index contributed by atoms with van der Waals surface area (Å²) in [6.07, 6.45) is 1.78. The van der Waals surface area contributed by atoms with Crippen LogP contribution in [0.3, 0.4) is 0 Å². The number of phenols is 1. The largest absolute Gasteiger partial charge is 0.507 e. The molecular weight excluding hydrogens is 324 g/mol. The third-order valence-electron chi connectivity index (χ3n) is 4.76. The average molecular weight is 363 g/mol. The SMILES string of the molecule is CC(C)(C)CC(C)(C)c1ccc(C(=O)O)c(O)c1C(C)(C)CC(C)(C)C. The van der Waals surface area contributed by atoms with Gasteiger partial charge < -0.3 is 10.2 Å². The average Bonchev–Trinajstić information content (AvgIpc) is 2.31. The maximum atomic E-state index is 11.6. The Morgan fingerprint density at radius 3 is 1.62 bits per heavy atom. The molecular formula is C23H38O3. The van der Waals surface area contributed by atoms with Crippen LogP contribution in [0.2, 0.25) is 0 Å². The van der Waals surface area contributed by atoms with E-state index in [4.69, 9.17) is 0 Å². The molecule has 1 aromatic carbocycles. The molecule has 0 unspecified atom stereocenters. The van der Waals surface area contributed by atoms with Gasteiger partial charge >= 0.3 is 5.97 Å². The van der Waals surface area contributed by atoms with E-state index in [1.807, 2.05) is 6.07 Å². The topological polar surface area (TPSA) is 57.5 Å². The maximum Gasteiger partial charge on any atom is 0.339 e. The molecule has 0 atom stereocenters. The van der Waals surface area contributed by atoms with Crippen molar-refractivity contribution >= 4 is 5.97 Å². The lowest BCUT2D eigenvalue weighted by Gasteiger charge is -2.40. The molecule has 0 saturated carbocycles. The van der Waals surface area contributed by atoms with Gasteiger partial charge in [-0.25, -0.2) is 4.79 Å². The van der Waals surface area contributed by atoms with E-state index in [9.17, 15) is 15.0 Å². The number of aromatic carboxylic acids is 1. The Hall–Kier alpha value is -1.51. The standard InChI is InChI=1S/C23H38O3/c1-20(2,3)13-22(7,8)16-12-11-15(19(25)26)18(24)17(16)23(9,10)14-21(4,5)6/h11-12,24H,13-14H2,1-10H3,(H,25,26). The highest BCUT2D eigenvalue weighted by molar-refractivity contribution is 5.91. The Labute approximate surface area is 159 Å². The Bertz CT molecular complexity index is 668. The normalized spacial score (nSPS) is 13.8. The minimum atomic E-state index is -1.09. The van der Waals surface area contributed by atoms with Crippen LogP contribution in [-0.4, -0.2) is 16.2 Å². The van der Waals surface area contributed by atoms with Gasteiger partial charge in [-0.15, -0.1) is 0 Å².